The summed E-state index contributed by atoms with van der Waals surface area (Å²) in [5.74, 6) is -0.961. The molecule has 0 aliphatic rings. The summed E-state index contributed by atoms with van der Waals surface area (Å²) in [6.45, 7) is 0.185. The van der Waals surface area contributed by atoms with Gasteiger partial charge in [0.15, 0.2) is 9.84 Å². The van der Waals surface area contributed by atoms with E-state index in [-0.39, 0.29) is 11.5 Å². The van der Waals surface area contributed by atoms with Crippen LogP contribution in [0.1, 0.15) is 11.5 Å². The highest BCUT2D eigenvalue weighted by molar-refractivity contribution is 7.90. The second-order valence-corrected chi connectivity index (χ2v) is 5.89. The molecule has 0 fully saturated rings. The molecule has 0 N–H and O–H groups in total. The first-order valence-corrected chi connectivity index (χ1v) is 7.16. The first-order valence-electron chi connectivity index (χ1n) is 5.27. The van der Waals surface area contributed by atoms with Crippen LogP contribution in [0.15, 0.2) is 29.2 Å². The number of ether oxygens (including phenoxy) is 2. The molecule has 0 saturated heterocycles. The molecule has 0 heterocycles. The Bertz CT molecular complexity index is 504. The van der Waals surface area contributed by atoms with Crippen LogP contribution in [0.25, 0.3) is 0 Å². The Kier molecular flexibility index (Phi) is 4.86. The van der Waals surface area contributed by atoms with E-state index in [1.54, 1.807) is 12.1 Å². The summed E-state index contributed by atoms with van der Waals surface area (Å²) >= 11 is 0. The largest absolute Gasteiger partial charge is 0.468 e. The lowest BCUT2D eigenvalue weighted by Crippen LogP contribution is -2.19. The van der Waals surface area contributed by atoms with E-state index in [4.69, 9.17) is 4.74 Å². The second-order valence-electron chi connectivity index (χ2n) is 3.87. The average Bonchev–Trinajstić information content (AvgIpc) is 2.34. The molecule has 0 aliphatic heterocycles. The molecule has 0 radical (unpaired) electrons. The maximum absolute atomic E-state index is 11.6. The third-order valence-corrected chi connectivity index (χ3v) is 3.66. The summed E-state index contributed by atoms with van der Waals surface area (Å²) in [5.41, 5.74) is 0.663. The molecular formula is C12H16O5S. The molecule has 1 aromatic rings. The third kappa shape index (κ3) is 3.54. The molecule has 1 unspecified atom stereocenters. The smallest absolute Gasteiger partial charge is 0.315 e. The maximum atomic E-state index is 11.6. The van der Waals surface area contributed by atoms with Crippen LogP contribution < -0.4 is 0 Å². The zero-order valence-corrected chi connectivity index (χ0v) is 11.4. The number of hydrogen-bond donors (Lipinski definition) is 0. The molecule has 0 spiro atoms. The molecular weight excluding hydrogens is 256 g/mol. The van der Waals surface area contributed by atoms with Crippen LogP contribution >= 0.6 is 0 Å². The molecule has 0 bridgehead atoms. The van der Waals surface area contributed by atoms with Crippen molar-refractivity contribution in [2.45, 2.75) is 10.8 Å². The second kappa shape index (κ2) is 5.97. The van der Waals surface area contributed by atoms with Gasteiger partial charge in [-0.05, 0) is 17.7 Å². The minimum absolute atomic E-state index is 0.185. The predicted octanol–water partition coefficient (Wildman–Crippen LogP) is 0.993. The summed E-state index contributed by atoms with van der Waals surface area (Å²) in [6, 6.07) is 6.13. The van der Waals surface area contributed by atoms with Gasteiger partial charge in [0.2, 0.25) is 0 Å². The van der Waals surface area contributed by atoms with Gasteiger partial charge in [-0.1, -0.05) is 12.1 Å². The van der Waals surface area contributed by atoms with Crippen molar-refractivity contribution in [2.24, 2.45) is 0 Å². The number of esters is 1. The van der Waals surface area contributed by atoms with Gasteiger partial charge in [-0.2, -0.15) is 0 Å². The van der Waals surface area contributed by atoms with Crippen molar-refractivity contribution < 1.29 is 22.7 Å². The molecule has 0 aromatic heterocycles. The number of benzene rings is 1. The average molecular weight is 272 g/mol. The molecule has 0 saturated carbocycles. The summed E-state index contributed by atoms with van der Waals surface area (Å²) < 4.78 is 32.3. The van der Waals surface area contributed by atoms with Crippen LogP contribution in [-0.4, -0.2) is 41.5 Å². The van der Waals surface area contributed by atoms with Gasteiger partial charge >= 0.3 is 5.97 Å². The fraction of sp³-hybridized carbons (Fsp3) is 0.417. The molecule has 1 aromatic carbocycles. The molecule has 100 valence electrons. The maximum Gasteiger partial charge on any atom is 0.315 e. The summed E-state index contributed by atoms with van der Waals surface area (Å²) in [7, 11) is -0.442. The van der Waals surface area contributed by atoms with Crippen LogP contribution in [0.4, 0.5) is 0 Å². The first-order chi connectivity index (χ1) is 8.40. The summed E-state index contributed by atoms with van der Waals surface area (Å²) in [6.07, 6.45) is 1.13. The minimum Gasteiger partial charge on any atom is -0.468 e. The van der Waals surface area contributed by atoms with Crippen molar-refractivity contribution in [3.05, 3.63) is 29.8 Å². The number of methoxy groups -OCH3 is 2. The topological polar surface area (TPSA) is 69.7 Å². The highest BCUT2D eigenvalue weighted by atomic mass is 32.2. The SMILES string of the molecule is COCC(C(=O)OC)c1ccc(S(C)(=O)=O)cc1. The Balaban J connectivity index is 3.04. The van der Waals surface area contributed by atoms with E-state index in [1.165, 1.54) is 26.4 Å². The molecule has 5 nitrogen and oxygen atoms in total. The van der Waals surface area contributed by atoms with Gasteiger partial charge in [0.05, 0.1) is 18.6 Å². The molecule has 6 heteroatoms. The number of carbonyl (C=O) groups excluding carboxylic acids is 1. The fourth-order valence-corrected chi connectivity index (χ4v) is 2.19. The lowest BCUT2D eigenvalue weighted by Gasteiger charge is -2.14. The van der Waals surface area contributed by atoms with E-state index < -0.39 is 21.7 Å². The quantitative estimate of drug-likeness (QED) is 0.748. The van der Waals surface area contributed by atoms with Crippen LogP contribution in [-0.2, 0) is 24.1 Å². The highest BCUT2D eigenvalue weighted by Crippen LogP contribution is 2.20. The van der Waals surface area contributed by atoms with E-state index in [0.717, 1.165) is 6.26 Å². The van der Waals surface area contributed by atoms with Gasteiger partial charge in [0.1, 0.15) is 5.92 Å². The van der Waals surface area contributed by atoms with Crippen LogP contribution in [0.3, 0.4) is 0 Å². The van der Waals surface area contributed by atoms with E-state index in [9.17, 15) is 13.2 Å². The summed E-state index contributed by atoms with van der Waals surface area (Å²) in [4.78, 5) is 11.8. The number of rotatable bonds is 5. The third-order valence-electron chi connectivity index (χ3n) is 2.53. The van der Waals surface area contributed by atoms with Gasteiger partial charge in [0, 0.05) is 13.4 Å². The predicted molar refractivity (Wildman–Crippen MR) is 66.2 cm³/mol. The van der Waals surface area contributed by atoms with E-state index in [2.05, 4.69) is 4.74 Å². The molecule has 1 atom stereocenters. The van der Waals surface area contributed by atoms with Crippen molar-refractivity contribution in [1.82, 2.24) is 0 Å². The van der Waals surface area contributed by atoms with Crippen molar-refractivity contribution in [3.63, 3.8) is 0 Å². The van der Waals surface area contributed by atoms with Gasteiger partial charge in [0.25, 0.3) is 0 Å². The summed E-state index contributed by atoms with van der Waals surface area (Å²) in [5, 5.41) is 0. The van der Waals surface area contributed by atoms with Crippen molar-refractivity contribution in [2.75, 3.05) is 27.1 Å². The standard InChI is InChI=1S/C12H16O5S/c1-16-8-11(12(13)17-2)9-4-6-10(7-5-9)18(3,14)15/h4-7,11H,8H2,1-3H3. The normalized spacial score (nSPS) is 13.1. The monoisotopic (exact) mass is 272 g/mol. The Morgan fingerprint density at radius 2 is 1.78 bits per heavy atom. The van der Waals surface area contributed by atoms with Crippen LogP contribution in [0.5, 0.6) is 0 Å². The Morgan fingerprint density at radius 1 is 1.22 bits per heavy atom. The first kappa shape index (κ1) is 14.7. The highest BCUT2D eigenvalue weighted by Gasteiger charge is 2.21. The Hall–Kier alpha value is -1.40. The van der Waals surface area contributed by atoms with Gasteiger partial charge in [-0.25, -0.2) is 8.42 Å². The minimum atomic E-state index is -3.23. The van der Waals surface area contributed by atoms with Crippen molar-refractivity contribution in [3.8, 4) is 0 Å². The van der Waals surface area contributed by atoms with E-state index in [1.807, 2.05) is 0 Å². The van der Waals surface area contributed by atoms with Gasteiger partial charge in [-0.15, -0.1) is 0 Å². The zero-order valence-electron chi connectivity index (χ0n) is 10.5. The lowest BCUT2D eigenvalue weighted by atomic mass is 10.0. The number of sulfone groups is 1. The van der Waals surface area contributed by atoms with Gasteiger partial charge < -0.3 is 9.47 Å². The van der Waals surface area contributed by atoms with Crippen molar-refractivity contribution in [1.29, 1.82) is 0 Å². The fourth-order valence-electron chi connectivity index (χ4n) is 1.56. The molecule has 1 rings (SSSR count). The van der Waals surface area contributed by atoms with Crippen LogP contribution in [0, 0.1) is 0 Å². The van der Waals surface area contributed by atoms with E-state index in [0.29, 0.717) is 5.56 Å². The zero-order chi connectivity index (χ0) is 13.8. The lowest BCUT2D eigenvalue weighted by molar-refractivity contribution is -0.143. The number of carbonyl (C=O) groups is 1. The Morgan fingerprint density at radius 3 is 2.17 bits per heavy atom. The number of hydrogen-bond acceptors (Lipinski definition) is 5. The van der Waals surface area contributed by atoms with Gasteiger partial charge in [-0.3, -0.25) is 4.79 Å². The van der Waals surface area contributed by atoms with Crippen LogP contribution in [0.2, 0.25) is 0 Å². The molecule has 0 amide bonds. The van der Waals surface area contributed by atoms with Crippen molar-refractivity contribution >= 4 is 15.8 Å². The Labute approximate surface area is 107 Å². The molecule has 0 aliphatic carbocycles. The van der Waals surface area contributed by atoms with E-state index >= 15 is 0 Å². The molecule has 18 heavy (non-hydrogen) atoms.